The van der Waals surface area contributed by atoms with Gasteiger partial charge in [-0.1, -0.05) is 26.7 Å². The molecule has 0 unspecified atom stereocenters. The van der Waals surface area contributed by atoms with Crippen LogP contribution >= 0.6 is 12.4 Å². The summed E-state index contributed by atoms with van der Waals surface area (Å²) in [7, 11) is -3.40. The molecule has 0 amide bonds. The van der Waals surface area contributed by atoms with Crippen LogP contribution in [0.25, 0.3) is 10.9 Å². The number of ketones is 1. The van der Waals surface area contributed by atoms with E-state index in [2.05, 4.69) is 28.5 Å². The first kappa shape index (κ1) is 29.7. The van der Waals surface area contributed by atoms with Gasteiger partial charge in [-0.3, -0.25) is 9.52 Å². The standard InChI is InChI=1S/C27H37N3O4S.ClH/c1-4-6-15-30(16-7-5-2)17-8-18-34-23-12-9-21(10-13-23)27(31)25-20-28-26-14-11-22(19-24(25)26)29-35(3,32)33;/h9-14,19-20,28-29H,4-8,15-18H2,1-3H3;1H. The number of benzene rings is 2. The summed E-state index contributed by atoms with van der Waals surface area (Å²) in [6.45, 7) is 8.41. The van der Waals surface area contributed by atoms with Crippen LogP contribution in [0, 0.1) is 0 Å². The van der Waals surface area contributed by atoms with Gasteiger partial charge in [0.2, 0.25) is 10.0 Å². The summed E-state index contributed by atoms with van der Waals surface area (Å²) in [4.78, 5) is 18.7. The number of anilines is 1. The molecule has 0 bridgehead atoms. The van der Waals surface area contributed by atoms with Crippen LogP contribution in [0.2, 0.25) is 0 Å². The monoisotopic (exact) mass is 535 g/mol. The fourth-order valence-corrected chi connectivity index (χ4v) is 4.58. The Balaban J connectivity index is 0.00000456. The lowest BCUT2D eigenvalue weighted by molar-refractivity contribution is 0.104. The van der Waals surface area contributed by atoms with Crippen LogP contribution in [0.3, 0.4) is 0 Å². The molecule has 1 aromatic heterocycles. The number of hydrogen-bond acceptors (Lipinski definition) is 5. The van der Waals surface area contributed by atoms with Crippen molar-refractivity contribution in [2.75, 3.05) is 37.2 Å². The first-order valence-electron chi connectivity index (χ1n) is 12.4. The fourth-order valence-electron chi connectivity index (χ4n) is 4.02. The van der Waals surface area contributed by atoms with Crippen molar-refractivity contribution in [1.29, 1.82) is 0 Å². The van der Waals surface area contributed by atoms with Gasteiger partial charge in [0, 0.05) is 40.5 Å². The van der Waals surface area contributed by atoms with E-state index in [0.29, 0.717) is 28.8 Å². The quantitative estimate of drug-likeness (QED) is 0.188. The van der Waals surface area contributed by atoms with Gasteiger partial charge in [-0.25, -0.2) is 8.42 Å². The third-order valence-corrected chi connectivity index (χ3v) is 6.50. The van der Waals surface area contributed by atoms with E-state index in [1.54, 1.807) is 36.5 Å². The lowest BCUT2D eigenvalue weighted by atomic mass is 10.0. The van der Waals surface area contributed by atoms with Crippen LogP contribution in [0.1, 0.15) is 61.9 Å². The third kappa shape index (κ3) is 8.84. The molecule has 36 heavy (non-hydrogen) atoms. The van der Waals surface area contributed by atoms with Crippen molar-refractivity contribution < 1.29 is 17.9 Å². The number of H-pyrrole nitrogens is 1. The Kier molecular flexibility index (Phi) is 11.8. The van der Waals surface area contributed by atoms with Crippen molar-refractivity contribution in [2.45, 2.75) is 46.0 Å². The maximum atomic E-state index is 13.1. The maximum absolute atomic E-state index is 13.1. The zero-order valence-electron chi connectivity index (χ0n) is 21.4. The molecule has 9 heteroatoms. The number of fused-ring (bicyclic) bond motifs is 1. The molecule has 3 rings (SSSR count). The molecule has 0 saturated heterocycles. The van der Waals surface area contributed by atoms with E-state index >= 15 is 0 Å². The van der Waals surface area contributed by atoms with Crippen molar-refractivity contribution in [3.8, 4) is 5.75 Å². The summed E-state index contributed by atoms with van der Waals surface area (Å²) in [5.41, 5.74) is 2.22. The summed E-state index contributed by atoms with van der Waals surface area (Å²) in [6.07, 6.45) is 8.59. The topological polar surface area (TPSA) is 91.5 Å². The molecular formula is C27H38ClN3O4S. The fraction of sp³-hybridized carbons (Fsp3) is 0.444. The number of halogens is 1. The smallest absolute Gasteiger partial charge is 0.229 e. The second-order valence-corrected chi connectivity index (χ2v) is 10.7. The third-order valence-electron chi connectivity index (χ3n) is 5.89. The number of sulfonamides is 1. The molecule has 0 fully saturated rings. The van der Waals surface area contributed by atoms with Crippen LogP contribution in [-0.4, -0.2) is 56.6 Å². The molecular weight excluding hydrogens is 498 g/mol. The van der Waals surface area contributed by atoms with E-state index in [1.807, 2.05) is 12.1 Å². The second kappa shape index (κ2) is 14.3. The highest BCUT2D eigenvalue weighted by Crippen LogP contribution is 2.25. The average Bonchev–Trinajstić information content (AvgIpc) is 3.25. The number of carbonyl (C=O) groups is 1. The minimum absolute atomic E-state index is 0. The second-order valence-electron chi connectivity index (χ2n) is 8.94. The molecule has 0 aliphatic heterocycles. The Hall–Kier alpha value is -2.55. The number of nitrogens with one attached hydrogen (secondary N) is 2. The van der Waals surface area contributed by atoms with E-state index in [0.717, 1.165) is 43.6 Å². The van der Waals surface area contributed by atoms with Crippen LogP contribution in [0.4, 0.5) is 5.69 Å². The zero-order chi connectivity index (χ0) is 25.3. The predicted octanol–water partition coefficient (Wildman–Crippen LogP) is 5.86. The molecule has 2 aromatic carbocycles. The van der Waals surface area contributed by atoms with Gasteiger partial charge in [-0.15, -0.1) is 12.4 Å². The Morgan fingerprint density at radius 1 is 0.972 bits per heavy atom. The highest BCUT2D eigenvalue weighted by atomic mass is 35.5. The number of hydrogen-bond donors (Lipinski definition) is 2. The van der Waals surface area contributed by atoms with E-state index in [1.165, 1.54) is 25.7 Å². The van der Waals surface area contributed by atoms with Crippen molar-refractivity contribution in [3.63, 3.8) is 0 Å². The number of carbonyl (C=O) groups excluding carboxylic acids is 1. The lowest BCUT2D eigenvalue weighted by Gasteiger charge is -2.21. The number of rotatable bonds is 15. The zero-order valence-corrected chi connectivity index (χ0v) is 23.0. The molecule has 0 spiro atoms. The van der Waals surface area contributed by atoms with Crippen LogP contribution < -0.4 is 9.46 Å². The number of aromatic amines is 1. The van der Waals surface area contributed by atoms with E-state index in [4.69, 9.17) is 4.74 Å². The summed E-state index contributed by atoms with van der Waals surface area (Å²) in [5.74, 6) is 0.607. The molecule has 1 heterocycles. The Labute approximate surface area is 221 Å². The van der Waals surface area contributed by atoms with Gasteiger partial charge in [-0.2, -0.15) is 0 Å². The van der Waals surface area contributed by atoms with Gasteiger partial charge in [0.15, 0.2) is 5.78 Å². The molecule has 0 aliphatic rings. The van der Waals surface area contributed by atoms with Crippen molar-refractivity contribution in [2.24, 2.45) is 0 Å². The van der Waals surface area contributed by atoms with Gasteiger partial charge < -0.3 is 14.6 Å². The van der Waals surface area contributed by atoms with Crippen molar-refractivity contribution >= 4 is 44.8 Å². The highest BCUT2D eigenvalue weighted by molar-refractivity contribution is 7.92. The Morgan fingerprint density at radius 3 is 2.22 bits per heavy atom. The van der Waals surface area contributed by atoms with Crippen molar-refractivity contribution in [1.82, 2.24) is 9.88 Å². The minimum atomic E-state index is -3.40. The molecule has 0 aliphatic carbocycles. The maximum Gasteiger partial charge on any atom is 0.229 e. The van der Waals surface area contributed by atoms with Gasteiger partial charge in [0.25, 0.3) is 0 Å². The van der Waals surface area contributed by atoms with Crippen LogP contribution in [0.15, 0.2) is 48.7 Å². The molecule has 198 valence electrons. The number of ether oxygens (including phenoxy) is 1. The molecule has 0 atom stereocenters. The van der Waals surface area contributed by atoms with E-state index in [9.17, 15) is 13.2 Å². The highest BCUT2D eigenvalue weighted by Gasteiger charge is 2.15. The summed E-state index contributed by atoms with van der Waals surface area (Å²) >= 11 is 0. The lowest BCUT2D eigenvalue weighted by Crippen LogP contribution is -2.28. The van der Waals surface area contributed by atoms with E-state index in [-0.39, 0.29) is 18.2 Å². The molecule has 0 saturated carbocycles. The van der Waals surface area contributed by atoms with Gasteiger partial charge >= 0.3 is 0 Å². The minimum Gasteiger partial charge on any atom is -0.494 e. The van der Waals surface area contributed by atoms with Crippen LogP contribution in [-0.2, 0) is 10.0 Å². The number of nitrogens with zero attached hydrogens (tertiary/aromatic N) is 1. The van der Waals surface area contributed by atoms with Gasteiger partial charge in [0.05, 0.1) is 12.9 Å². The molecule has 0 radical (unpaired) electrons. The SMILES string of the molecule is CCCCN(CCCC)CCCOc1ccc(C(=O)c2c[nH]c3ccc(NS(C)(=O)=O)cc23)cc1.Cl. The van der Waals surface area contributed by atoms with Gasteiger partial charge in [0.1, 0.15) is 5.75 Å². The Bertz CT molecular complexity index is 1200. The largest absolute Gasteiger partial charge is 0.494 e. The Morgan fingerprint density at radius 2 is 1.61 bits per heavy atom. The normalized spacial score (nSPS) is 11.4. The average molecular weight is 536 g/mol. The van der Waals surface area contributed by atoms with Gasteiger partial charge in [-0.05, 0) is 74.8 Å². The first-order valence-corrected chi connectivity index (χ1v) is 14.3. The summed E-state index contributed by atoms with van der Waals surface area (Å²) < 4.78 is 31.5. The number of aromatic nitrogens is 1. The predicted molar refractivity (Wildman–Crippen MR) is 150 cm³/mol. The van der Waals surface area contributed by atoms with E-state index < -0.39 is 10.0 Å². The molecule has 3 aromatic rings. The van der Waals surface area contributed by atoms with Crippen LogP contribution in [0.5, 0.6) is 5.75 Å². The molecule has 7 nitrogen and oxygen atoms in total. The van der Waals surface area contributed by atoms with Crippen molar-refractivity contribution in [3.05, 3.63) is 59.8 Å². The summed E-state index contributed by atoms with van der Waals surface area (Å²) in [5, 5.41) is 0.666. The molecule has 2 N–H and O–H groups in total. The number of unbranched alkanes of at least 4 members (excludes halogenated alkanes) is 2. The first-order chi connectivity index (χ1) is 16.8. The summed E-state index contributed by atoms with van der Waals surface area (Å²) in [6, 6.07) is 12.3.